The monoisotopic (exact) mass is 310 g/mol. The van der Waals surface area contributed by atoms with Crippen LogP contribution in [0.15, 0.2) is 46.4 Å². The van der Waals surface area contributed by atoms with Crippen LogP contribution < -0.4 is 10.5 Å². The van der Waals surface area contributed by atoms with E-state index in [4.69, 9.17) is 15.7 Å². The van der Waals surface area contributed by atoms with E-state index in [0.717, 1.165) is 18.2 Å². The van der Waals surface area contributed by atoms with E-state index in [1.165, 1.54) is 11.8 Å². The number of nitrogens with two attached hydrogens (primary N) is 1. The molecule has 0 atom stereocenters. The van der Waals surface area contributed by atoms with E-state index in [9.17, 15) is 8.78 Å². The Hall–Kier alpha value is -2.28. The number of oxime groups is 1. The van der Waals surface area contributed by atoms with Gasteiger partial charge < -0.3 is 15.7 Å². The second-order valence-electron chi connectivity index (χ2n) is 4.03. The molecule has 0 bridgehead atoms. The minimum Gasteiger partial charge on any atom is -0.456 e. The topological polar surface area (TPSA) is 67.8 Å². The van der Waals surface area contributed by atoms with E-state index in [-0.39, 0.29) is 17.3 Å². The van der Waals surface area contributed by atoms with Gasteiger partial charge >= 0.3 is 0 Å². The van der Waals surface area contributed by atoms with E-state index in [2.05, 4.69) is 5.16 Å². The highest BCUT2D eigenvalue weighted by atomic mass is 32.2. The molecule has 21 heavy (non-hydrogen) atoms. The lowest BCUT2D eigenvalue weighted by atomic mass is 10.2. The molecule has 2 aromatic rings. The average Bonchev–Trinajstić information content (AvgIpc) is 2.45. The third kappa shape index (κ3) is 3.43. The lowest BCUT2D eigenvalue weighted by Gasteiger charge is -2.13. The van der Waals surface area contributed by atoms with Gasteiger partial charge in [-0.2, -0.15) is 0 Å². The minimum absolute atomic E-state index is 0.0160. The first-order valence-electron chi connectivity index (χ1n) is 5.84. The smallest absolute Gasteiger partial charge is 0.175 e. The number of halogens is 2. The molecule has 0 heterocycles. The molecule has 0 fully saturated rings. The Morgan fingerprint density at radius 2 is 1.90 bits per heavy atom. The van der Waals surface area contributed by atoms with Crippen molar-refractivity contribution in [3.63, 3.8) is 0 Å². The molecule has 0 aromatic heterocycles. The fourth-order valence-electron chi connectivity index (χ4n) is 1.78. The second kappa shape index (κ2) is 6.45. The predicted molar refractivity (Wildman–Crippen MR) is 77.2 cm³/mol. The Morgan fingerprint density at radius 1 is 1.24 bits per heavy atom. The number of nitrogens with zero attached hydrogens (tertiary/aromatic N) is 1. The normalized spacial score (nSPS) is 11.5. The highest BCUT2D eigenvalue weighted by Gasteiger charge is 2.15. The van der Waals surface area contributed by atoms with Crippen LogP contribution in [0.1, 0.15) is 5.56 Å². The van der Waals surface area contributed by atoms with Gasteiger partial charge in [0.15, 0.2) is 5.84 Å². The van der Waals surface area contributed by atoms with E-state index >= 15 is 0 Å². The molecule has 0 unspecified atom stereocenters. The molecule has 4 nitrogen and oxygen atoms in total. The highest BCUT2D eigenvalue weighted by Crippen LogP contribution is 2.32. The Balaban J connectivity index is 2.48. The summed E-state index contributed by atoms with van der Waals surface area (Å²) in [6.07, 6.45) is 1.81. The highest BCUT2D eigenvalue weighted by molar-refractivity contribution is 7.98. The summed E-state index contributed by atoms with van der Waals surface area (Å²) in [7, 11) is 0. The van der Waals surface area contributed by atoms with Gasteiger partial charge in [-0.05, 0) is 18.4 Å². The van der Waals surface area contributed by atoms with Crippen LogP contribution in [0.5, 0.6) is 11.5 Å². The van der Waals surface area contributed by atoms with E-state index < -0.39 is 11.6 Å². The molecule has 110 valence electrons. The SMILES string of the molecule is CSc1cccc(Oc2cc(F)cc(F)c2)c1/C(N)=N/O. The summed E-state index contributed by atoms with van der Waals surface area (Å²) in [5.41, 5.74) is 6.00. The number of rotatable bonds is 4. The standard InChI is InChI=1S/C14H12F2N2O2S/c1-21-12-4-2-3-11(13(12)14(17)18-19)20-10-6-8(15)5-9(16)7-10/h2-7,19H,1H3,(H2,17,18). The Labute approximate surface area is 124 Å². The number of benzene rings is 2. The number of hydrogen-bond donors (Lipinski definition) is 2. The van der Waals surface area contributed by atoms with Gasteiger partial charge in [0.05, 0.1) is 5.56 Å². The van der Waals surface area contributed by atoms with Crippen molar-refractivity contribution < 1.29 is 18.7 Å². The molecule has 2 rings (SSSR count). The quantitative estimate of drug-likeness (QED) is 0.298. The van der Waals surface area contributed by atoms with Crippen LogP contribution in [0, 0.1) is 11.6 Å². The Morgan fingerprint density at radius 3 is 2.48 bits per heavy atom. The van der Waals surface area contributed by atoms with E-state index in [1.54, 1.807) is 18.2 Å². The maximum absolute atomic E-state index is 13.2. The van der Waals surface area contributed by atoms with Gasteiger partial charge in [0, 0.05) is 23.1 Å². The van der Waals surface area contributed by atoms with Crippen molar-refractivity contribution in [1.29, 1.82) is 0 Å². The average molecular weight is 310 g/mol. The van der Waals surface area contributed by atoms with Crippen molar-refractivity contribution in [3.8, 4) is 11.5 Å². The summed E-state index contributed by atoms with van der Waals surface area (Å²) in [6.45, 7) is 0. The molecule has 2 aromatic carbocycles. The van der Waals surface area contributed by atoms with Crippen LogP contribution >= 0.6 is 11.8 Å². The third-order valence-corrected chi connectivity index (χ3v) is 3.42. The Bertz CT molecular complexity index is 672. The molecular weight excluding hydrogens is 298 g/mol. The van der Waals surface area contributed by atoms with Crippen LogP contribution in [-0.2, 0) is 0 Å². The first-order valence-corrected chi connectivity index (χ1v) is 7.06. The number of ether oxygens (including phenoxy) is 1. The largest absolute Gasteiger partial charge is 0.456 e. The first kappa shape index (κ1) is 15.1. The van der Waals surface area contributed by atoms with Gasteiger partial charge in [0.1, 0.15) is 23.1 Å². The molecule has 0 aliphatic heterocycles. The predicted octanol–water partition coefficient (Wildman–Crippen LogP) is 3.57. The molecule has 7 heteroatoms. The summed E-state index contributed by atoms with van der Waals surface area (Å²) in [5.74, 6) is -1.43. The van der Waals surface area contributed by atoms with Crippen molar-refractivity contribution >= 4 is 17.6 Å². The molecule has 0 aliphatic carbocycles. The lowest BCUT2D eigenvalue weighted by Crippen LogP contribution is -2.15. The maximum Gasteiger partial charge on any atom is 0.175 e. The number of amidine groups is 1. The molecule has 0 spiro atoms. The second-order valence-corrected chi connectivity index (χ2v) is 4.87. The van der Waals surface area contributed by atoms with Crippen LogP contribution in [0.3, 0.4) is 0 Å². The molecule has 0 radical (unpaired) electrons. The van der Waals surface area contributed by atoms with E-state index in [1.807, 2.05) is 6.26 Å². The number of thioether (sulfide) groups is 1. The van der Waals surface area contributed by atoms with Crippen LogP contribution in [0.4, 0.5) is 8.78 Å². The van der Waals surface area contributed by atoms with Crippen LogP contribution in [0.2, 0.25) is 0 Å². The lowest BCUT2D eigenvalue weighted by molar-refractivity contribution is 0.318. The van der Waals surface area contributed by atoms with Crippen LogP contribution in [-0.4, -0.2) is 17.3 Å². The zero-order valence-electron chi connectivity index (χ0n) is 11.0. The van der Waals surface area contributed by atoms with Crippen molar-refractivity contribution in [2.75, 3.05) is 6.26 Å². The summed E-state index contributed by atoms with van der Waals surface area (Å²) in [5, 5.41) is 11.8. The summed E-state index contributed by atoms with van der Waals surface area (Å²) in [4.78, 5) is 0.708. The first-order chi connectivity index (χ1) is 10.0. The van der Waals surface area contributed by atoms with Crippen LogP contribution in [0.25, 0.3) is 0 Å². The summed E-state index contributed by atoms with van der Waals surface area (Å²) >= 11 is 1.37. The van der Waals surface area contributed by atoms with Crippen molar-refractivity contribution in [2.24, 2.45) is 10.9 Å². The molecule has 0 amide bonds. The van der Waals surface area contributed by atoms with Gasteiger partial charge in [-0.1, -0.05) is 11.2 Å². The molecular formula is C14H12F2N2O2S. The minimum atomic E-state index is -0.753. The third-order valence-electron chi connectivity index (χ3n) is 2.64. The fraction of sp³-hybridized carbons (Fsp3) is 0.0714. The van der Waals surface area contributed by atoms with Gasteiger partial charge in [-0.15, -0.1) is 11.8 Å². The van der Waals surface area contributed by atoms with Crippen molar-refractivity contribution in [3.05, 3.63) is 53.6 Å². The summed E-state index contributed by atoms with van der Waals surface area (Å²) in [6, 6.07) is 7.86. The molecule has 0 aliphatic rings. The summed E-state index contributed by atoms with van der Waals surface area (Å²) < 4.78 is 31.8. The Kier molecular flexibility index (Phi) is 4.64. The molecule has 0 saturated heterocycles. The van der Waals surface area contributed by atoms with E-state index in [0.29, 0.717) is 10.5 Å². The van der Waals surface area contributed by atoms with Crippen molar-refractivity contribution in [1.82, 2.24) is 0 Å². The zero-order valence-corrected chi connectivity index (χ0v) is 11.8. The molecule has 0 saturated carbocycles. The van der Waals surface area contributed by atoms with Gasteiger partial charge in [-0.3, -0.25) is 0 Å². The maximum atomic E-state index is 13.2. The van der Waals surface area contributed by atoms with Crippen molar-refractivity contribution in [2.45, 2.75) is 4.90 Å². The molecule has 3 N–H and O–H groups in total. The van der Waals surface area contributed by atoms with Gasteiger partial charge in [0.2, 0.25) is 0 Å². The fourth-order valence-corrected chi connectivity index (χ4v) is 2.41. The van der Waals surface area contributed by atoms with Gasteiger partial charge in [-0.25, -0.2) is 8.78 Å². The number of hydrogen-bond acceptors (Lipinski definition) is 4. The zero-order chi connectivity index (χ0) is 15.4. The van der Waals surface area contributed by atoms with Gasteiger partial charge in [0.25, 0.3) is 0 Å².